The molecule has 2 N–H and O–H groups in total. The van der Waals surface area contributed by atoms with Crippen LogP contribution >= 0.6 is 15.9 Å². The van der Waals surface area contributed by atoms with E-state index in [0.717, 1.165) is 28.6 Å². The van der Waals surface area contributed by atoms with E-state index in [2.05, 4.69) is 31.4 Å². The molecule has 2 aromatic rings. The fourth-order valence-corrected chi connectivity index (χ4v) is 3.67. The van der Waals surface area contributed by atoms with Crippen LogP contribution in [0.1, 0.15) is 48.3 Å². The van der Waals surface area contributed by atoms with Gasteiger partial charge in [0.1, 0.15) is 0 Å². The molecule has 0 spiro atoms. The Balaban J connectivity index is 1.65. The molecule has 1 atom stereocenters. The Bertz CT molecular complexity index is 680. The number of H-pyrrole nitrogens is 1. The van der Waals surface area contributed by atoms with Crippen molar-refractivity contribution in [2.24, 2.45) is 0 Å². The third-order valence-corrected chi connectivity index (χ3v) is 4.94. The van der Waals surface area contributed by atoms with Gasteiger partial charge in [-0.05, 0) is 49.8 Å². The van der Waals surface area contributed by atoms with Gasteiger partial charge in [0.15, 0.2) is 0 Å². The number of aromatic nitrogens is 2. The van der Waals surface area contributed by atoms with Gasteiger partial charge in [-0.25, -0.2) is 0 Å². The van der Waals surface area contributed by atoms with Gasteiger partial charge in [0, 0.05) is 10.2 Å². The standard InChI is InChI=1S/C17H20BrN3O/c1-11(12-6-2-4-8-14(12)18)19-17(22)10-16-13-7-3-5-9-15(13)20-21-16/h2,4,6,8,11H,3,5,7,9-10H2,1H3,(H,19,22)(H,20,21)/t11-/m1/s1. The summed E-state index contributed by atoms with van der Waals surface area (Å²) in [5.41, 5.74) is 4.47. The average Bonchev–Trinajstić information content (AvgIpc) is 2.91. The van der Waals surface area contributed by atoms with Crippen molar-refractivity contribution in [1.82, 2.24) is 15.5 Å². The van der Waals surface area contributed by atoms with Gasteiger partial charge in [0.05, 0.1) is 18.2 Å². The number of nitrogens with one attached hydrogen (secondary N) is 2. The van der Waals surface area contributed by atoms with E-state index in [-0.39, 0.29) is 11.9 Å². The van der Waals surface area contributed by atoms with E-state index >= 15 is 0 Å². The molecule has 3 rings (SSSR count). The molecule has 0 radical (unpaired) electrons. The summed E-state index contributed by atoms with van der Waals surface area (Å²) >= 11 is 3.53. The minimum Gasteiger partial charge on any atom is -0.349 e. The first-order chi connectivity index (χ1) is 10.6. The largest absolute Gasteiger partial charge is 0.349 e. The van der Waals surface area contributed by atoms with Crippen LogP contribution in [0, 0.1) is 0 Å². The molecule has 1 aliphatic rings. The topological polar surface area (TPSA) is 57.8 Å². The predicted octanol–water partition coefficient (Wildman–Crippen LogP) is 3.47. The number of carbonyl (C=O) groups excluding carboxylic acids is 1. The van der Waals surface area contributed by atoms with E-state index < -0.39 is 0 Å². The molecule has 22 heavy (non-hydrogen) atoms. The number of halogens is 1. The van der Waals surface area contributed by atoms with Gasteiger partial charge in [-0.15, -0.1) is 0 Å². The van der Waals surface area contributed by atoms with Crippen molar-refractivity contribution in [3.63, 3.8) is 0 Å². The highest BCUT2D eigenvalue weighted by molar-refractivity contribution is 9.10. The summed E-state index contributed by atoms with van der Waals surface area (Å²) in [5, 5.41) is 10.5. The molecule has 1 aromatic heterocycles. The van der Waals surface area contributed by atoms with Crippen LogP contribution in [0.2, 0.25) is 0 Å². The molecule has 1 aliphatic carbocycles. The zero-order chi connectivity index (χ0) is 15.5. The van der Waals surface area contributed by atoms with Gasteiger partial charge in [0.25, 0.3) is 0 Å². The van der Waals surface area contributed by atoms with Crippen LogP contribution in [-0.4, -0.2) is 16.1 Å². The summed E-state index contributed by atoms with van der Waals surface area (Å²) in [6, 6.07) is 7.93. The van der Waals surface area contributed by atoms with Crippen LogP contribution in [0.15, 0.2) is 28.7 Å². The van der Waals surface area contributed by atoms with Gasteiger partial charge in [-0.2, -0.15) is 5.10 Å². The lowest BCUT2D eigenvalue weighted by atomic mass is 9.95. The van der Waals surface area contributed by atoms with Crippen molar-refractivity contribution in [2.75, 3.05) is 0 Å². The summed E-state index contributed by atoms with van der Waals surface area (Å²) in [5.74, 6) is 0.0168. The summed E-state index contributed by atoms with van der Waals surface area (Å²) in [7, 11) is 0. The molecule has 0 aliphatic heterocycles. The fourth-order valence-electron chi connectivity index (χ4n) is 3.04. The lowest BCUT2D eigenvalue weighted by Gasteiger charge is -2.16. The number of hydrogen-bond donors (Lipinski definition) is 2. The van der Waals surface area contributed by atoms with E-state index in [1.165, 1.54) is 24.1 Å². The third-order valence-electron chi connectivity index (χ3n) is 4.22. The monoisotopic (exact) mass is 361 g/mol. The second kappa shape index (κ2) is 6.65. The summed E-state index contributed by atoms with van der Waals surface area (Å²) in [4.78, 5) is 12.3. The first kappa shape index (κ1) is 15.3. The van der Waals surface area contributed by atoms with Crippen LogP contribution < -0.4 is 5.32 Å². The Labute approximate surface area is 138 Å². The zero-order valence-corrected chi connectivity index (χ0v) is 14.2. The molecular formula is C17H20BrN3O. The number of fused-ring (bicyclic) bond motifs is 1. The SMILES string of the molecule is C[C@@H](NC(=O)Cc1n[nH]c2c1CCCC2)c1ccccc1Br. The summed E-state index contributed by atoms with van der Waals surface area (Å²) in [6.45, 7) is 2.00. The van der Waals surface area contributed by atoms with Crippen molar-refractivity contribution in [3.8, 4) is 0 Å². The van der Waals surface area contributed by atoms with Crippen molar-refractivity contribution < 1.29 is 4.79 Å². The molecule has 5 heteroatoms. The minimum absolute atomic E-state index is 0.0168. The molecule has 0 saturated carbocycles. The van der Waals surface area contributed by atoms with Crippen molar-refractivity contribution >= 4 is 21.8 Å². The van der Waals surface area contributed by atoms with Gasteiger partial charge in [-0.3, -0.25) is 9.89 Å². The quantitative estimate of drug-likeness (QED) is 0.875. The Morgan fingerprint density at radius 2 is 2.14 bits per heavy atom. The van der Waals surface area contributed by atoms with Crippen LogP contribution in [0.25, 0.3) is 0 Å². The van der Waals surface area contributed by atoms with Crippen molar-refractivity contribution in [1.29, 1.82) is 0 Å². The van der Waals surface area contributed by atoms with Crippen LogP contribution in [0.5, 0.6) is 0 Å². The van der Waals surface area contributed by atoms with Crippen LogP contribution in [0.4, 0.5) is 0 Å². The van der Waals surface area contributed by atoms with Gasteiger partial charge < -0.3 is 5.32 Å². The maximum Gasteiger partial charge on any atom is 0.226 e. The number of benzene rings is 1. The van der Waals surface area contributed by atoms with Gasteiger partial charge >= 0.3 is 0 Å². The molecular weight excluding hydrogens is 342 g/mol. The van der Waals surface area contributed by atoms with Crippen LogP contribution in [-0.2, 0) is 24.1 Å². The Morgan fingerprint density at radius 1 is 1.36 bits per heavy atom. The first-order valence-corrected chi connectivity index (χ1v) is 8.53. The third kappa shape index (κ3) is 3.24. The number of nitrogens with zero attached hydrogens (tertiary/aromatic N) is 1. The molecule has 0 fully saturated rings. The van der Waals surface area contributed by atoms with Gasteiger partial charge in [0.2, 0.25) is 5.91 Å². The summed E-state index contributed by atoms with van der Waals surface area (Å²) in [6.07, 6.45) is 4.83. The number of rotatable bonds is 4. The number of amides is 1. The molecule has 1 amide bonds. The van der Waals surface area contributed by atoms with E-state index in [0.29, 0.717) is 6.42 Å². The molecule has 116 valence electrons. The number of aromatic amines is 1. The lowest BCUT2D eigenvalue weighted by molar-refractivity contribution is -0.121. The first-order valence-electron chi connectivity index (χ1n) is 7.74. The molecule has 4 nitrogen and oxygen atoms in total. The average molecular weight is 362 g/mol. The predicted molar refractivity (Wildman–Crippen MR) is 89.6 cm³/mol. The molecule has 0 saturated heterocycles. The second-order valence-corrected chi connectivity index (χ2v) is 6.68. The maximum atomic E-state index is 12.3. The molecule has 1 heterocycles. The van der Waals surface area contributed by atoms with Crippen molar-refractivity contribution in [2.45, 2.75) is 45.1 Å². The zero-order valence-electron chi connectivity index (χ0n) is 12.7. The lowest BCUT2D eigenvalue weighted by Crippen LogP contribution is -2.28. The highest BCUT2D eigenvalue weighted by atomic mass is 79.9. The van der Waals surface area contributed by atoms with E-state index in [9.17, 15) is 4.79 Å². The second-order valence-electron chi connectivity index (χ2n) is 5.82. The molecule has 0 unspecified atom stereocenters. The molecule has 1 aromatic carbocycles. The summed E-state index contributed by atoms with van der Waals surface area (Å²) < 4.78 is 1.01. The number of hydrogen-bond acceptors (Lipinski definition) is 2. The smallest absolute Gasteiger partial charge is 0.226 e. The number of carbonyl (C=O) groups is 1. The normalized spacial score (nSPS) is 15.2. The van der Waals surface area contributed by atoms with E-state index in [1.807, 2.05) is 31.2 Å². The maximum absolute atomic E-state index is 12.3. The van der Waals surface area contributed by atoms with Crippen molar-refractivity contribution in [3.05, 3.63) is 51.3 Å². The number of aryl methyl sites for hydroxylation is 1. The Hall–Kier alpha value is -1.62. The Kier molecular flexibility index (Phi) is 4.62. The highest BCUT2D eigenvalue weighted by Crippen LogP contribution is 2.24. The van der Waals surface area contributed by atoms with Gasteiger partial charge in [-0.1, -0.05) is 34.1 Å². The van der Waals surface area contributed by atoms with E-state index in [4.69, 9.17) is 0 Å². The minimum atomic E-state index is -0.0298. The van der Waals surface area contributed by atoms with E-state index in [1.54, 1.807) is 0 Å². The fraction of sp³-hybridized carbons (Fsp3) is 0.412. The molecule has 0 bridgehead atoms. The van der Waals surface area contributed by atoms with Crippen LogP contribution in [0.3, 0.4) is 0 Å². The highest BCUT2D eigenvalue weighted by Gasteiger charge is 2.19. The Morgan fingerprint density at radius 3 is 2.95 bits per heavy atom.